The van der Waals surface area contributed by atoms with Crippen molar-refractivity contribution in [2.75, 3.05) is 11.1 Å². The molecule has 0 saturated heterocycles. The third kappa shape index (κ3) is 3.03. The number of anilines is 2. The first-order valence-electron chi connectivity index (χ1n) is 8.31. The zero-order valence-electron chi connectivity index (χ0n) is 14.6. The van der Waals surface area contributed by atoms with Gasteiger partial charge in [0.05, 0.1) is 28.1 Å². The number of pyridine rings is 2. The predicted octanol–water partition coefficient (Wildman–Crippen LogP) is 1.60. The van der Waals surface area contributed by atoms with Crippen molar-refractivity contribution in [3.8, 4) is 5.69 Å². The van der Waals surface area contributed by atoms with Gasteiger partial charge in [0.2, 0.25) is 0 Å². The van der Waals surface area contributed by atoms with Crippen molar-refractivity contribution in [1.82, 2.24) is 14.9 Å². The van der Waals surface area contributed by atoms with E-state index in [1.165, 1.54) is 12.3 Å². The van der Waals surface area contributed by atoms with E-state index in [4.69, 9.17) is 17.3 Å². The minimum absolute atomic E-state index is 0.0203. The molecule has 0 aliphatic carbocycles. The first kappa shape index (κ1) is 18.4. The molecule has 0 atom stereocenters. The lowest BCUT2D eigenvalue weighted by atomic mass is 10.1. The van der Waals surface area contributed by atoms with E-state index < -0.39 is 23.3 Å². The van der Waals surface area contributed by atoms with Gasteiger partial charge in [-0.2, -0.15) is 0 Å². The van der Waals surface area contributed by atoms with E-state index in [1.807, 2.05) is 0 Å². The van der Waals surface area contributed by atoms with Crippen molar-refractivity contribution in [2.24, 2.45) is 0 Å². The molecule has 0 bridgehead atoms. The maximum atomic E-state index is 12.7. The molecule has 10 heteroatoms. The highest BCUT2D eigenvalue weighted by atomic mass is 35.5. The monoisotopic (exact) mass is 409 g/mol. The Morgan fingerprint density at radius 2 is 1.86 bits per heavy atom. The van der Waals surface area contributed by atoms with E-state index in [9.17, 15) is 19.2 Å². The van der Waals surface area contributed by atoms with E-state index in [-0.39, 0.29) is 39.0 Å². The van der Waals surface area contributed by atoms with Crippen LogP contribution in [0.2, 0.25) is 5.15 Å². The zero-order chi connectivity index (χ0) is 20.7. The Balaban J connectivity index is 1.83. The Kier molecular flexibility index (Phi) is 4.36. The second-order valence-electron chi connectivity index (χ2n) is 6.09. The number of nitrogens with zero attached hydrogens (tertiary/aromatic N) is 2. The van der Waals surface area contributed by atoms with Gasteiger partial charge in [-0.3, -0.25) is 29.1 Å². The van der Waals surface area contributed by atoms with Gasteiger partial charge in [-0.15, -0.1) is 0 Å². The number of amides is 3. The summed E-state index contributed by atoms with van der Waals surface area (Å²) >= 11 is 5.96. The molecule has 0 spiro atoms. The van der Waals surface area contributed by atoms with Crippen LogP contribution in [0.1, 0.15) is 31.1 Å². The van der Waals surface area contributed by atoms with Gasteiger partial charge in [-0.1, -0.05) is 23.7 Å². The maximum Gasteiger partial charge on any atom is 0.262 e. The first-order chi connectivity index (χ1) is 13.9. The maximum absolute atomic E-state index is 12.7. The lowest BCUT2D eigenvalue weighted by Crippen LogP contribution is -2.25. The molecule has 0 fully saturated rings. The van der Waals surface area contributed by atoms with E-state index in [0.29, 0.717) is 0 Å². The van der Waals surface area contributed by atoms with Gasteiger partial charge in [-0.05, 0) is 24.3 Å². The van der Waals surface area contributed by atoms with E-state index in [2.05, 4.69) is 15.6 Å². The van der Waals surface area contributed by atoms with Gasteiger partial charge in [0.25, 0.3) is 23.3 Å². The zero-order valence-corrected chi connectivity index (χ0v) is 15.4. The number of imide groups is 1. The highest BCUT2D eigenvalue weighted by Crippen LogP contribution is 2.27. The summed E-state index contributed by atoms with van der Waals surface area (Å²) in [4.78, 5) is 53.0. The number of nitrogen functional groups attached to an aromatic ring is 1. The molecule has 0 unspecified atom stereocenters. The molecule has 3 heterocycles. The normalized spacial score (nSPS) is 12.4. The number of hydrogen-bond donors (Lipinski definition) is 3. The topological polar surface area (TPSA) is 136 Å². The van der Waals surface area contributed by atoms with Crippen LogP contribution in [0.3, 0.4) is 0 Å². The third-order valence-corrected chi connectivity index (χ3v) is 4.65. The fourth-order valence-electron chi connectivity index (χ4n) is 3.05. The summed E-state index contributed by atoms with van der Waals surface area (Å²) in [6.45, 7) is 0. The molecule has 29 heavy (non-hydrogen) atoms. The number of halogens is 1. The smallest absolute Gasteiger partial charge is 0.262 e. The fraction of sp³-hybridized carbons (Fsp3) is 0. The number of rotatable bonds is 3. The van der Waals surface area contributed by atoms with Crippen LogP contribution in [0.25, 0.3) is 5.69 Å². The Morgan fingerprint density at radius 1 is 1.10 bits per heavy atom. The lowest BCUT2D eigenvalue weighted by Gasteiger charge is -2.16. The average Bonchev–Trinajstić information content (AvgIpc) is 2.97. The van der Waals surface area contributed by atoms with Crippen molar-refractivity contribution in [2.45, 2.75) is 0 Å². The molecular formula is C19H12ClN5O4. The van der Waals surface area contributed by atoms with Crippen molar-refractivity contribution in [3.63, 3.8) is 0 Å². The Morgan fingerprint density at radius 3 is 2.62 bits per heavy atom. The molecule has 144 valence electrons. The number of nitrogens with one attached hydrogen (secondary N) is 2. The minimum Gasteiger partial charge on any atom is -0.384 e. The van der Waals surface area contributed by atoms with E-state index in [1.54, 1.807) is 30.3 Å². The van der Waals surface area contributed by atoms with Crippen molar-refractivity contribution in [3.05, 3.63) is 80.9 Å². The van der Waals surface area contributed by atoms with E-state index in [0.717, 1.165) is 10.6 Å². The predicted molar refractivity (Wildman–Crippen MR) is 105 cm³/mol. The Bertz CT molecular complexity index is 1270. The van der Waals surface area contributed by atoms with Crippen LogP contribution >= 0.6 is 11.6 Å². The molecule has 4 rings (SSSR count). The van der Waals surface area contributed by atoms with Crippen LogP contribution in [-0.4, -0.2) is 27.3 Å². The molecule has 0 saturated carbocycles. The number of hydrogen-bond acceptors (Lipinski definition) is 6. The number of carbonyl (C=O) groups is 3. The number of fused-ring (bicyclic) bond motifs is 1. The molecule has 0 radical (unpaired) electrons. The lowest BCUT2D eigenvalue weighted by molar-refractivity contribution is 0.0879. The number of aromatic nitrogens is 2. The van der Waals surface area contributed by atoms with Crippen LogP contribution < -0.4 is 21.9 Å². The molecule has 1 aromatic carbocycles. The summed E-state index contributed by atoms with van der Waals surface area (Å²) < 4.78 is 1.05. The molecule has 4 N–H and O–H groups in total. The molecule has 9 nitrogen and oxygen atoms in total. The number of benzene rings is 1. The molecule has 1 aliphatic heterocycles. The van der Waals surface area contributed by atoms with Gasteiger partial charge in [0.1, 0.15) is 11.0 Å². The molecular weight excluding hydrogens is 398 g/mol. The van der Waals surface area contributed by atoms with Gasteiger partial charge in [0.15, 0.2) is 0 Å². The van der Waals surface area contributed by atoms with Crippen LogP contribution in [0.5, 0.6) is 0 Å². The summed E-state index contributed by atoms with van der Waals surface area (Å²) in [5, 5.41) is 4.78. The van der Waals surface area contributed by atoms with Gasteiger partial charge < -0.3 is 11.1 Å². The van der Waals surface area contributed by atoms with Gasteiger partial charge >= 0.3 is 0 Å². The van der Waals surface area contributed by atoms with Crippen molar-refractivity contribution in [1.29, 1.82) is 0 Å². The van der Waals surface area contributed by atoms with Crippen LogP contribution in [0.15, 0.2) is 53.5 Å². The van der Waals surface area contributed by atoms with Crippen LogP contribution in [-0.2, 0) is 0 Å². The highest BCUT2D eigenvalue weighted by Gasteiger charge is 2.32. The number of nitrogens with two attached hydrogens (primary N) is 1. The summed E-state index contributed by atoms with van der Waals surface area (Å²) in [5.74, 6) is -2.14. The molecule has 2 aromatic heterocycles. The summed E-state index contributed by atoms with van der Waals surface area (Å²) in [5.41, 5.74) is 5.86. The molecule has 3 amide bonds. The van der Waals surface area contributed by atoms with Gasteiger partial charge in [-0.25, -0.2) is 4.98 Å². The minimum atomic E-state index is -0.695. The fourth-order valence-corrected chi connectivity index (χ4v) is 3.25. The Labute approximate surface area is 168 Å². The van der Waals surface area contributed by atoms with Gasteiger partial charge in [0, 0.05) is 12.3 Å². The average molecular weight is 410 g/mol. The van der Waals surface area contributed by atoms with Crippen LogP contribution in [0.4, 0.5) is 11.5 Å². The second kappa shape index (κ2) is 6.88. The number of para-hydroxylation sites is 2. The number of carbonyl (C=O) groups excluding carboxylic acids is 3. The highest BCUT2D eigenvalue weighted by molar-refractivity contribution is 6.33. The molecule has 1 aliphatic rings. The third-order valence-electron chi connectivity index (χ3n) is 4.35. The van der Waals surface area contributed by atoms with Crippen LogP contribution in [0, 0.1) is 0 Å². The summed E-state index contributed by atoms with van der Waals surface area (Å²) in [7, 11) is 0. The SMILES string of the molecule is Nc1c2c(cc(=O)n1-c1ccccc1NC(=O)c1cccnc1Cl)C(=O)NC2=O. The largest absolute Gasteiger partial charge is 0.384 e. The Hall–Kier alpha value is -3.98. The van der Waals surface area contributed by atoms with Crippen molar-refractivity contribution < 1.29 is 14.4 Å². The first-order valence-corrected chi connectivity index (χ1v) is 8.68. The summed E-state index contributed by atoms with van der Waals surface area (Å²) in [6.07, 6.45) is 1.45. The standard InChI is InChI=1S/C19H12ClN5O4/c20-15-9(4-3-7-22-15)17(27)23-11-5-1-2-6-12(11)25-13(26)8-10-14(16(25)21)19(29)24-18(10)28/h1-8H,21H2,(H,23,27)(H,24,28,29). The second-order valence-corrected chi connectivity index (χ2v) is 6.45. The molecule has 3 aromatic rings. The van der Waals surface area contributed by atoms with Crippen molar-refractivity contribution >= 4 is 40.8 Å². The summed E-state index contributed by atoms with van der Waals surface area (Å²) in [6, 6.07) is 10.5. The quantitative estimate of drug-likeness (QED) is 0.444. The van der Waals surface area contributed by atoms with E-state index >= 15 is 0 Å².